The second kappa shape index (κ2) is 4.59. The Morgan fingerprint density at radius 1 is 0.941 bits per heavy atom. The van der Waals surface area contributed by atoms with E-state index in [2.05, 4.69) is 6.07 Å². The first-order valence-electron chi connectivity index (χ1n) is 5.23. The Balaban J connectivity index is 2.77. The Morgan fingerprint density at radius 2 is 1.41 bits per heavy atom. The smallest absolute Gasteiger partial charge is 0.0520 e. The molecule has 0 aliphatic heterocycles. The number of hydrogen-bond donors (Lipinski definition) is 1. The highest BCUT2D eigenvalue weighted by Crippen LogP contribution is 2.39. The van der Waals surface area contributed by atoms with E-state index >= 15 is 0 Å². The number of hydrogen-bond acceptors (Lipinski definition) is 1. The summed E-state index contributed by atoms with van der Waals surface area (Å²) < 4.78 is 0. The molecule has 87 valence electrons. The number of halogens is 2. The van der Waals surface area contributed by atoms with Crippen molar-refractivity contribution in [2.45, 2.75) is 13.8 Å². The monoisotopic (exact) mass is 264 g/mol. The molecule has 2 aromatic rings. The van der Waals surface area contributed by atoms with Gasteiger partial charge in [-0.05, 0) is 48.7 Å². The molecular formula is C14H12Cl2N. The summed E-state index contributed by atoms with van der Waals surface area (Å²) in [5, 5.41) is 1.15. The molecule has 0 spiro atoms. The molecule has 2 aromatic carbocycles. The SMILES string of the molecule is Cc1c[c]cc(C)c1-c1c(Cl)cc(N)cc1Cl. The normalized spacial score (nSPS) is 10.6. The minimum atomic E-state index is 0.571. The number of nitrogen functional groups attached to an aromatic ring is 1. The predicted octanol–water partition coefficient (Wildman–Crippen LogP) is 4.66. The molecule has 0 heterocycles. The predicted molar refractivity (Wildman–Crippen MR) is 74.6 cm³/mol. The second-order valence-electron chi connectivity index (χ2n) is 4.06. The van der Waals surface area contributed by atoms with Gasteiger partial charge < -0.3 is 5.73 Å². The lowest BCUT2D eigenvalue weighted by Gasteiger charge is -2.13. The minimum absolute atomic E-state index is 0.571. The van der Waals surface area contributed by atoms with Gasteiger partial charge in [0.05, 0.1) is 10.0 Å². The Labute approximate surface area is 111 Å². The quantitative estimate of drug-likeness (QED) is 0.745. The van der Waals surface area contributed by atoms with Crippen LogP contribution >= 0.6 is 23.2 Å². The third-order valence-electron chi connectivity index (χ3n) is 2.70. The maximum Gasteiger partial charge on any atom is 0.0520 e. The van der Waals surface area contributed by atoms with Crippen LogP contribution in [-0.2, 0) is 0 Å². The highest BCUT2D eigenvalue weighted by atomic mass is 35.5. The average Bonchev–Trinajstić information content (AvgIpc) is 2.21. The van der Waals surface area contributed by atoms with Crippen LogP contribution in [0, 0.1) is 19.9 Å². The van der Waals surface area contributed by atoms with Gasteiger partial charge in [-0.25, -0.2) is 0 Å². The molecule has 0 unspecified atom stereocenters. The Bertz CT molecular complexity index is 533. The van der Waals surface area contributed by atoms with Crippen LogP contribution in [0.2, 0.25) is 10.0 Å². The van der Waals surface area contributed by atoms with E-state index in [-0.39, 0.29) is 0 Å². The van der Waals surface area contributed by atoms with Gasteiger partial charge in [0.2, 0.25) is 0 Å². The fourth-order valence-corrected chi connectivity index (χ4v) is 2.67. The van der Waals surface area contributed by atoms with Gasteiger partial charge in [-0.3, -0.25) is 0 Å². The van der Waals surface area contributed by atoms with Crippen molar-refractivity contribution in [1.29, 1.82) is 0 Å². The summed E-state index contributed by atoms with van der Waals surface area (Å²) in [5.74, 6) is 0. The highest BCUT2D eigenvalue weighted by Gasteiger charge is 2.13. The van der Waals surface area contributed by atoms with E-state index in [1.165, 1.54) is 0 Å². The summed E-state index contributed by atoms with van der Waals surface area (Å²) in [6, 6.07) is 10.4. The molecule has 1 nitrogen and oxygen atoms in total. The van der Waals surface area contributed by atoms with Crippen LogP contribution in [-0.4, -0.2) is 0 Å². The van der Waals surface area contributed by atoms with E-state index in [1.807, 2.05) is 26.0 Å². The standard InChI is InChI=1S/C14H12Cl2N/c1-8-4-3-5-9(2)13(8)14-11(15)6-10(17)7-12(14)16/h4-7H,17H2,1-2H3. The van der Waals surface area contributed by atoms with Crippen molar-refractivity contribution in [2.24, 2.45) is 0 Å². The number of rotatable bonds is 1. The van der Waals surface area contributed by atoms with Crippen molar-refractivity contribution in [3.63, 3.8) is 0 Å². The average molecular weight is 265 g/mol. The summed E-state index contributed by atoms with van der Waals surface area (Å²) in [6.07, 6.45) is 0. The fraction of sp³-hybridized carbons (Fsp3) is 0.143. The van der Waals surface area contributed by atoms with Crippen molar-refractivity contribution >= 4 is 28.9 Å². The zero-order chi connectivity index (χ0) is 12.6. The number of benzene rings is 2. The van der Waals surface area contributed by atoms with Crippen LogP contribution < -0.4 is 5.73 Å². The maximum atomic E-state index is 6.24. The molecular weight excluding hydrogens is 253 g/mol. The van der Waals surface area contributed by atoms with E-state index in [0.29, 0.717) is 15.7 Å². The van der Waals surface area contributed by atoms with Gasteiger partial charge >= 0.3 is 0 Å². The van der Waals surface area contributed by atoms with Crippen molar-refractivity contribution in [2.75, 3.05) is 5.73 Å². The summed E-state index contributed by atoms with van der Waals surface area (Å²) in [5.41, 5.74) is 10.4. The first-order valence-corrected chi connectivity index (χ1v) is 5.98. The van der Waals surface area contributed by atoms with Crippen molar-refractivity contribution in [1.82, 2.24) is 0 Å². The van der Waals surface area contributed by atoms with Crippen LogP contribution in [0.4, 0.5) is 5.69 Å². The van der Waals surface area contributed by atoms with Gasteiger partial charge in [0.1, 0.15) is 0 Å². The van der Waals surface area contributed by atoms with E-state index in [0.717, 1.165) is 22.3 Å². The molecule has 0 aliphatic carbocycles. The summed E-state index contributed by atoms with van der Waals surface area (Å²) in [7, 11) is 0. The molecule has 0 aromatic heterocycles. The summed E-state index contributed by atoms with van der Waals surface area (Å²) in [4.78, 5) is 0. The van der Waals surface area contributed by atoms with Gasteiger partial charge in [-0.15, -0.1) is 0 Å². The number of aryl methyl sites for hydroxylation is 2. The molecule has 0 saturated heterocycles. The third-order valence-corrected chi connectivity index (χ3v) is 3.30. The van der Waals surface area contributed by atoms with E-state index < -0.39 is 0 Å². The lowest BCUT2D eigenvalue weighted by molar-refractivity contribution is 1.37. The van der Waals surface area contributed by atoms with Crippen molar-refractivity contribution in [3.05, 3.63) is 51.5 Å². The van der Waals surface area contributed by atoms with E-state index in [1.54, 1.807) is 12.1 Å². The molecule has 0 saturated carbocycles. The summed E-state index contributed by atoms with van der Waals surface area (Å²) in [6.45, 7) is 4.03. The first-order chi connectivity index (χ1) is 8.00. The van der Waals surface area contributed by atoms with Crippen LogP contribution in [0.1, 0.15) is 11.1 Å². The molecule has 1 radical (unpaired) electrons. The van der Waals surface area contributed by atoms with E-state index in [9.17, 15) is 0 Å². The molecule has 0 atom stereocenters. The maximum absolute atomic E-state index is 6.24. The topological polar surface area (TPSA) is 26.0 Å². The minimum Gasteiger partial charge on any atom is -0.399 e. The molecule has 17 heavy (non-hydrogen) atoms. The third kappa shape index (κ3) is 2.26. The number of anilines is 1. The molecule has 2 N–H and O–H groups in total. The Kier molecular flexibility index (Phi) is 3.32. The van der Waals surface area contributed by atoms with Crippen LogP contribution in [0.25, 0.3) is 11.1 Å². The number of nitrogens with two attached hydrogens (primary N) is 1. The van der Waals surface area contributed by atoms with Gasteiger partial charge in [0, 0.05) is 11.3 Å². The lowest BCUT2D eigenvalue weighted by Crippen LogP contribution is -1.92. The largest absolute Gasteiger partial charge is 0.399 e. The summed E-state index contributed by atoms with van der Waals surface area (Å²) >= 11 is 12.5. The zero-order valence-corrected chi connectivity index (χ0v) is 11.2. The van der Waals surface area contributed by atoms with Crippen LogP contribution in [0.3, 0.4) is 0 Å². The second-order valence-corrected chi connectivity index (χ2v) is 4.87. The highest BCUT2D eigenvalue weighted by molar-refractivity contribution is 6.39. The van der Waals surface area contributed by atoms with Gasteiger partial charge in [0.25, 0.3) is 0 Å². The molecule has 0 amide bonds. The van der Waals surface area contributed by atoms with Crippen molar-refractivity contribution in [3.8, 4) is 11.1 Å². The van der Waals surface area contributed by atoms with Crippen LogP contribution in [0.15, 0.2) is 24.3 Å². The first kappa shape index (κ1) is 12.3. The lowest BCUT2D eigenvalue weighted by atomic mass is 9.95. The van der Waals surface area contributed by atoms with Gasteiger partial charge in [0.15, 0.2) is 0 Å². The molecule has 0 aliphatic rings. The molecule has 0 fully saturated rings. The zero-order valence-electron chi connectivity index (χ0n) is 9.64. The van der Waals surface area contributed by atoms with Gasteiger partial charge in [-0.2, -0.15) is 0 Å². The molecule has 2 rings (SSSR count). The fourth-order valence-electron chi connectivity index (χ4n) is 1.97. The van der Waals surface area contributed by atoms with E-state index in [4.69, 9.17) is 28.9 Å². The Hall–Kier alpha value is -1.18. The molecule has 3 heteroatoms. The molecule has 0 bridgehead atoms. The Morgan fingerprint density at radius 3 is 1.88 bits per heavy atom. The van der Waals surface area contributed by atoms with Crippen LogP contribution in [0.5, 0.6) is 0 Å². The van der Waals surface area contributed by atoms with Gasteiger partial charge in [-0.1, -0.05) is 35.3 Å². The van der Waals surface area contributed by atoms with Crippen molar-refractivity contribution < 1.29 is 0 Å².